The highest BCUT2D eigenvalue weighted by Crippen LogP contribution is 2.31. The van der Waals surface area contributed by atoms with Gasteiger partial charge in [0.05, 0.1) is 16.3 Å². The lowest BCUT2D eigenvalue weighted by molar-refractivity contribution is -0.118. The van der Waals surface area contributed by atoms with E-state index >= 15 is 0 Å². The Labute approximate surface area is 166 Å². The van der Waals surface area contributed by atoms with Gasteiger partial charge in [-0.2, -0.15) is 0 Å². The summed E-state index contributed by atoms with van der Waals surface area (Å²) in [5.74, 6) is -0.169. The van der Waals surface area contributed by atoms with Crippen molar-refractivity contribution in [1.82, 2.24) is 0 Å². The highest BCUT2D eigenvalue weighted by molar-refractivity contribution is 7.98. The minimum absolute atomic E-state index is 0.109. The van der Waals surface area contributed by atoms with Crippen LogP contribution in [0.1, 0.15) is 39.2 Å². The van der Waals surface area contributed by atoms with E-state index in [-0.39, 0.29) is 22.6 Å². The molecule has 0 unspecified atom stereocenters. The highest BCUT2D eigenvalue weighted by Gasteiger charge is 2.19. The molecule has 0 bridgehead atoms. The third-order valence-electron chi connectivity index (χ3n) is 4.09. The molecule has 5 nitrogen and oxygen atoms in total. The van der Waals surface area contributed by atoms with Crippen LogP contribution in [-0.2, 0) is 14.8 Å². The van der Waals surface area contributed by atoms with Crippen molar-refractivity contribution < 1.29 is 13.2 Å². The molecule has 0 aliphatic heterocycles. The van der Waals surface area contributed by atoms with Crippen LogP contribution >= 0.6 is 11.8 Å². The zero-order chi connectivity index (χ0) is 20.2. The fourth-order valence-electron chi connectivity index (χ4n) is 2.53. The summed E-state index contributed by atoms with van der Waals surface area (Å²) in [7, 11) is -3.78. The quantitative estimate of drug-likeness (QED) is 0.640. The van der Waals surface area contributed by atoms with E-state index in [9.17, 15) is 13.2 Å². The second kappa shape index (κ2) is 8.80. The minimum Gasteiger partial charge on any atom is -0.325 e. The van der Waals surface area contributed by atoms with Gasteiger partial charge in [-0.1, -0.05) is 45.9 Å². The zero-order valence-electron chi connectivity index (χ0n) is 16.2. The summed E-state index contributed by atoms with van der Waals surface area (Å²) < 4.78 is 28.5. The number of amides is 1. The van der Waals surface area contributed by atoms with Crippen molar-refractivity contribution in [3.63, 3.8) is 0 Å². The van der Waals surface area contributed by atoms with Gasteiger partial charge in [-0.3, -0.25) is 9.52 Å². The van der Waals surface area contributed by atoms with E-state index in [1.807, 2.05) is 32.2 Å². The highest BCUT2D eigenvalue weighted by atomic mass is 32.2. The first-order valence-corrected chi connectivity index (χ1v) is 11.5. The maximum absolute atomic E-state index is 12.9. The average Bonchev–Trinajstić information content (AvgIpc) is 2.61. The smallest absolute Gasteiger partial charge is 0.261 e. The fourth-order valence-corrected chi connectivity index (χ4v) is 4.17. The second-order valence-electron chi connectivity index (χ2n) is 6.85. The average molecular weight is 407 g/mol. The van der Waals surface area contributed by atoms with Crippen molar-refractivity contribution in [2.24, 2.45) is 5.92 Å². The van der Waals surface area contributed by atoms with Gasteiger partial charge in [0, 0.05) is 10.8 Å². The topological polar surface area (TPSA) is 75.3 Å². The summed E-state index contributed by atoms with van der Waals surface area (Å²) in [6.07, 6.45) is 1.88. The van der Waals surface area contributed by atoms with Crippen molar-refractivity contribution in [1.29, 1.82) is 0 Å². The fraction of sp³-hybridized carbons (Fsp3) is 0.350. The predicted octanol–water partition coefficient (Wildman–Crippen LogP) is 4.93. The van der Waals surface area contributed by atoms with Gasteiger partial charge in [0.25, 0.3) is 10.0 Å². The lowest BCUT2D eigenvalue weighted by Gasteiger charge is -2.16. The molecule has 0 aliphatic carbocycles. The summed E-state index contributed by atoms with van der Waals surface area (Å²) in [6.45, 7) is 7.61. The summed E-state index contributed by atoms with van der Waals surface area (Å²) in [6, 6.07) is 12.1. The Balaban J connectivity index is 2.40. The van der Waals surface area contributed by atoms with Crippen LogP contribution in [0.3, 0.4) is 0 Å². The Morgan fingerprint density at radius 1 is 1.00 bits per heavy atom. The Hall–Kier alpha value is -1.99. The summed E-state index contributed by atoms with van der Waals surface area (Å²) >= 11 is 1.45. The molecule has 0 saturated heterocycles. The molecule has 2 N–H and O–H groups in total. The Bertz CT molecular complexity index is 923. The molecule has 0 saturated carbocycles. The monoisotopic (exact) mass is 406 g/mol. The molecular formula is C20H26N2O3S2. The first-order chi connectivity index (χ1) is 12.7. The van der Waals surface area contributed by atoms with Crippen molar-refractivity contribution >= 4 is 39.1 Å². The lowest BCUT2D eigenvalue weighted by Crippen LogP contribution is -2.19. The van der Waals surface area contributed by atoms with E-state index in [1.54, 1.807) is 38.1 Å². The van der Waals surface area contributed by atoms with Crippen LogP contribution in [0.15, 0.2) is 52.3 Å². The molecule has 1 amide bonds. The van der Waals surface area contributed by atoms with Crippen LogP contribution in [0.4, 0.5) is 11.4 Å². The van der Waals surface area contributed by atoms with E-state index in [0.717, 1.165) is 10.5 Å². The van der Waals surface area contributed by atoms with Gasteiger partial charge in [0.2, 0.25) is 5.91 Å². The summed E-state index contributed by atoms with van der Waals surface area (Å²) in [5.41, 5.74) is 1.99. The number of para-hydroxylation sites is 1. The molecule has 27 heavy (non-hydrogen) atoms. The number of anilines is 2. The molecule has 2 aromatic carbocycles. The maximum Gasteiger partial charge on any atom is 0.261 e. The van der Waals surface area contributed by atoms with Gasteiger partial charge < -0.3 is 5.32 Å². The van der Waals surface area contributed by atoms with Gasteiger partial charge in [-0.05, 0) is 42.0 Å². The third-order valence-corrected chi connectivity index (χ3v) is 6.25. The summed E-state index contributed by atoms with van der Waals surface area (Å²) in [4.78, 5) is 13.0. The van der Waals surface area contributed by atoms with E-state index in [4.69, 9.17) is 0 Å². The second-order valence-corrected chi connectivity index (χ2v) is 9.38. The van der Waals surface area contributed by atoms with Crippen molar-refractivity contribution in [2.45, 2.75) is 43.4 Å². The van der Waals surface area contributed by atoms with Gasteiger partial charge in [-0.25, -0.2) is 8.42 Å². The Morgan fingerprint density at radius 2 is 1.67 bits per heavy atom. The molecule has 0 spiro atoms. The number of carbonyl (C=O) groups is 1. The Kier molecular flexibility index (Phi) is 6.95. The number of carbonyl (C=O) groups excluding carboxylic acids is 1. The van der Waals surface area contributed by atoms with Gasteiger partial charge >= 0.3 is 0 Å². The first kappa shape index (κ1) is 21.3. The third kappa shape index (κ3) is 5.26. The number of hydrogen-bond acceptors (Lipinski definition) is 4. The molecular weight excluding hydrogens is 380 g/mol. The normalized spacial score (nSPS) is 11.7. The number of benzene rings is 2. The molecule has 0 fully saturated rings. The van der Waals surface area contributed by atoms with Crippen LogP contribution in [-0.4, -0.2) is 20.6 Å². The molecule has 0 atom stereocenters. The largest absolute Gasteiger partial charge is 0.325 e. The molecule has 0 aliphatic rings. The molecule has 146 valence electrons. The molecule has 2 rings (SSSR count). The molecule has 0 aromatic heterocycles. The van der Waals surface area contributed by atoms with E-state index in [2.05, 4.69) is 10.0 Å². The van der Waals surface area contributed by atoms with Crippen LogP contribution in [0, 0.1) is 5.92 Å². The number of sulfonamides is 1. The predicted molar refractivity (Wildman–Crippen MR) is 113 cm³/mol. The van der Waals surface area contributed by atoms with Crippen molar-refractivity contribution in [2.75, 3.05) is 16.3 Å². The minimum atomic E-state index is -3.78. The van der Waals surface area contributed by atoms with Crippen LogP contribution in [0.25, 0.3) is 0 Å². The Morgan fingerprint density at radius 3 is 2.26 bits per heavy atom. The van der Waals surface area contributed by atoms with Gasteiger partial charge in [0.15, 0.2) is 0 Å². The number of thioether (sulfide) groups is 1. The van der Waals surface area contributed by atoms with Gasteiger partial charge in [-0.15, -0.1) is 11.8 Å². The van der Waals surface area contributed by atoms with Crippen LogP contribution in [0.2, 0.25) is 0 Å². The van der Waals surface area contributed by atoms with E-state index in [0.29, 0.717) is 11.4 Å². The number of rotatable bonds is 7. The van der Waals surface area contributed by atoms with Crippen LogP contribution in [0.5, 0.6) is 0 Å². The van der Waals surface area contributed by atoms with Crippen molar-refractivity contribution in [3.8, 4) is 0 Å². The summed E-state index contributed by atoms with van der Waals surface area (Å²) in [5, 5.41) is 2.81. The van der Waals surface area contributed by atoms with E-state index in [1.165, 1.54) is 17.8 Å². The standard InChI is InChI=1S/C20H26N2O3S2/c1-13(2)16-8-6-7-9-17(16)22-27(24,25)15-10-11-19(26-5)18(12-15)21-20(23)14(3)4/h6-14,22H,1-5H3,(H,21,23). The van der Waals surface area contributed by atoms with E-state index < -0.39 is 10.0 Å². The number of hydrogen-bond donors (Lipinski definition) is 2. The van der Waals surface area contributed by atoms with Crippen molar-refractivity contribution in [3.05, 3.63) is 48.0 Å². The molecule has 2 aromatic rings. The molecule has 7 heteroatoms. The van der Waals surface area contributed by atoms with Crippen LogP contribution < -0.4 is 10.0 Å². The molecule has 0 radical (unpaired) electrons. The van der Waals surface area contributed by atoms with Gasteiger partial charge in [0.1, 0.15) is 0 Å². The number of nitrogens with one attached hydrogen (secondary N) is 2. The SMILES string of the molecule is CSc1ccc(S(=O)(=O)Nc2ccccc2C(C)C)cc1NC(=O)C(C)C. The first-order valence-electron chi connectivity index (χ1n) is 8.76. The zero-order valence-corrected chi connectivity index (χ0v) is 17.9. The maximum atomic E-state index is 12.9. The lowest BCUT2D eigenvalue weighted by atomic mass is 10.0. The molecule has 0 heterocycles.